The molecule has 3 N–H and O–H groups in total. The number of aryl methyl sites for hydroxylation is 1. The first-order valence-electron chi connectivity index (χ1n) is 11.5. The molecule has 5 aromatic rings. The SMILES string of the molecule is Cc1nc2c(c(NNC(=O)c3ccc(F)cc3)nc(=O)n2-c2ccccc2)c(-c2ccccc2)c1C(O)=S. The van der Waals surface area contributed by atoms with Crippen molar-refractivity contribution in [2.75, 3.05) is 5.43 Å². The molecule has 0 bridgehead atoms. The molecule has 0 fully saturated rings. The van der Waals surface area contributed by atoms with Gasteiger partial charge in [0.1, 0.15) is 5.82 Å². The van der Waals surface area contributed by atoms with Gasteiger partial charge >= 0.3 is 5.69 Å². The fourth-order valence-electron chi connectivity index (χ4n) is 4.21. The number of hydrogen-bond donors (Lipinski definition) is 3. The summed E-state index contributed by atoms with van der Waals surface area (Å²) in [5.41, 5.74) is 7.43. The monoisotopic (exact) mass is 525 g/mol. The zero-order valence-electron chi connectivity index (χ0n) is 20.0. The largest absolute Gasteiger partial charge is 0.498 e. The van der Waals surface area contributed by atoms with Crippen molar-refractivity contribution in [3.05, 3.63) is 118 Å². The van der Waals surface area contributed by atoms with Gasteiger partial charge in [0.2, 0.25) is 0 Å². The third-order valence-corrected chi connectivity index (χ3v) is 6.10. The molecule has 2 aromatic heterocycles. The van der Waals surface area contributed by atoms with Gasteiger partial charge < -0.3 is 5.11 Å². The highest BCUT2D eigenvalue weighted by Gasteiger charge is 2.24. The van der Waals surface area contributed by atoms with E-state index in [1.807, 2.05) is 36.4 Å². The summed E-state index contributed by atoms with van der Waals surface area (Å²) in [6, 6.07) is 23.0. The second-order valence-electron chi connectivity index (χ2n) is 8.32. The van der Waals surface area contributed by atoms with Crippen LogP contribution >= 0.6 is 12.2 Å². The van der Waals surface area contributed by atoms with Crippen molar-refractivity contribution < 1.29 is 14.3 Å². The lowest BCUT2D eigenvalue weighted by molar-refractivity contribution is 0.0962. The summed E-state index contributed by atoms with van der Waals surface area (Å²) in [6.45, 7) is 1.69. The topological polar surface area (TPSA) is 109 Å². The summed E-state index contributed by atoms with van der Waals surface area (Å²) in [5, 5.41) is 10.5. The zero-order chi connectivity index (χ0) is 26.8. The number of nitrogens with one attached hydrogen (secondary N) is 2. The average Bonchev–Trinajstić information content (AvgIpc) is 2.92. The van der Waals surface area contributed by atoms with E-state index >= 15 is 0 Å². The minimum atomic E-state index is -0.646. The lowest BCUT2D eigenvalue weighted by Crippen LogP contribution is -2.33. The molecular weight excluding hydrogens is 505 g/mol. The van der Waals surface area contributed by atoms with Gasteiger partial charge in [0.05, 0.1) is 22.3 Å². The number of benzene rings is 3. The van der Waals surface area contributed by atoms with Crippen LogP contribution in [0.3, 0.4) is 0 Å². The van der Waals surface area contributed by atoms with Crippen LogP contribution in [-0.4, -0.2) is 30.6 Å². The normalized spacial score (nSPS) is 10.8. The molecule has 0 saturated heterocycles. The van der Waals surface area contributed by atoms with Crippen LogP contribution in [0.2, 0.25) is 0 Å². The van der Waals surface area contributed by atoms with Crippen molar-refractivity contribution in [2.24, 2.45) is 0 Å². The lowest BCUT2D eigenvalue weighted by atomic mass is 9.95. The summed E-state index contributed by atoms with van der Waals surface area (Å²) in [5.74, 6) is -1.06. The predicted octanol–water partition coefficient (Wildman–Crippen LogP) is 4.89. The van der Waals surface area contributed by atoms with Gasteiger partial charge in [-0.1, -0.05) is 48.5 Å². The number of hydrazine groups is 1. The number of pyridine rings is 1. The molecule has 2 heterocycles. The first-order chi connectivity index (χ1) is 18.3. The summed E-state index contributed by atoms with van der Waals surface area (Å²) in [7, 11) is 0. The Hall–Kier alpha value is -4.96. The Morgan fingerprint density at radius 3 is 2.21 bits per heavy atom. The Balaban J connectivity index is 1.79. The quantitative estimate of drug-likeness (QED) is 0.214. The van der Waals surface area contributed by atoms with Gasteiger partial charge in [0.15, 0.2) is 16.5 Å². The summed E-state index contributed by atoms with van der Waals surface area (Å²) in [6.07, 6.45) is 0. The van der Waals surface area contributed by atoms with E-state index in [4.69, 9.17) is 12.2 Å². The number of hydrogen-bond acceptors (Lipinski definition) is 6. The van der Waals surface area contributed by atoms with Crippen LogP contribution in [0.15, 0.2) is 89.7 Å². The van der Waals surface area contributed by atoms with Crippen LogP contribution in [0.25, 0.3) is 27.8 Å². The Kier molecular flexibility index (Phi) is 6.63. The van der Waals surface area contributed by atoms with E-state index in [0.29, 0.717) is 33.5 Å². The van der Waals surface area contributed by atoms with Crippen LogP contribution in [0.5, 0.6) is 0 Å². The van der Waals surface area contributed by atoms with Gasteiger partial charge in [-0.2, -0.15) is 4.98 Å². The number of thiocarbonyl (C=S) groups is 1. The highest BCUT2D eigenvalue weighted by Crippen LogP contribution is 2.36. The van der Waals surface area contributed by atoms with Crippen LogP contribution in [0.4, 0.5) is 10.2 Å². The maximum absolute atomic E-state index is 13.3. The molecule has 38 heavy (non-hydrogen) atoms. The van der Waals surface area contributed by atoms with Crippen molar-refractivity contribution in [3.63, 3.8) is 0 Å². The molecule has 0 aliphatic heterocycles. The molecule has 0 spiro atoms. The van der Waals surface area contributed by atoms with Gasteiger partial charge in [-0.05, 0) is 61.1 Å². The van der Waals surface area contributed by atoms with E-state index < -0.39 is 17.4 Å². The minimum absolute atomic E-state index is 0.00324. The standard InChI is InChI=1S/C28H20FN5O3S/c1-16-21(27(36)38)22(17-8-4-2-5-9-17)23-24(32-33-26(35)18-12-14-19(29)15-13-18)31-28(37)34(25(23)30-16)20-10-6-3-7-11-20/h2-15H,1H3,(H,33,35)(H,36,38)(H,31,32,37). The first kappa shape index (κ1) is 24.7. The predicted molar refractivity (Wildman–Crippen MR) is 147 cm³/mol. The second-order valence-corrected chi connectivity index (χ2v) is 8.70. The molecule has 0 aliphatic rings. The number of aromatic nitrogens is 3. The van der Waals surface area contributed by atoms with E-state index in [1.165, 1.54) is 16.7 Å². The molecular formula is C28H20FN5O3S. The molecule has 0 aliphatic carbocycles. The van der Waals surface area contributed by atoms with E-state index in [9.17, 15) is 19.1 Å². The number of amides is 1. The molecule has 3 aromatic carbocycles. The molecule has 0 radical (unpaired) electrons. The Labute approximate surface area is 221 Å². The number of halogens is 1. The van der Waals surface area contributed by atoms with Crippen molar-refractivity contribution in [3.8, 4) is 16.8 Å². The van der Waals surface area contributed by atoms with E-state index in [2.05, 4.69) is 20.8 Å². The molecule has 0 unspecified atom stereocenters. The number of fused-ring (bicyclic) bond motifs is 1. The van der Waals surface area contributed by atoms with Gasteiger partial charge in [-0.25, -0.2) is 18.7 Å². The number of para-hydroxylation sites is 1. The highest BCUT2D eigenvalue weighted by atomic mass is 32.1. The van der Waals surface area contributed by atoms with E-state index in [1.54, 1.807) is 31.2 Å². The van der Waals surface area contributed by atoms with E-state index in [-0.39, 0.29) is 22.1 Å². The zero-order valence-corrected chi connectivity index (χ0v) is 20.8. The van der Waals surface area contributed by atoms with Crippen molar-refractivity contribution in [1.29, 1.82) is 0 Å². The van der Waals surface area contributed by atoms with Gasteiger partial charge in [0, 0.05) is 11.1 Å². The number of anilines is 1. The molecule has 188 valence electrons. The minimum Gasteiger partial charge on any atom is -0.498 e. The number of carbonyl (C=O) groups excluding carboxylic acids is 1. The Morgan fingerprint density at radius 2 is 1.58 bits per heavy atom. The lowest BCUT2D eigenvalue weighted by Gasteiger charge is -2.20. The molecule has 5 rings (SSSR count). The fraction of sp³-hybridized carbons (Fsp3) is 0.0357. The van der Waals surface area contributed by atoms with Crippen LogP contribution in [-0.2, 0) is 0 Å². The van der Waals surface area contributed by atoms with Crippen molar-refractivity contribution >= 4 is 40.0 Å². The number of aliphatic hydroxyl groups excluding tert-OH is 1. The molecule has 0 saturated carbocycles. The van der Waals surface area contributed by atoms with Crippen molar-refractivity contribution in [1.82, 2.24) is 20.0 Å². The number of carbonyl (C=O) groups is 1. The maximum atomic E-state index is 13.3. The molecule has 10 heteroatoms. The maximum Gasteiger partial charge on any atom is 0.355 e. The number of rotatable bonds is 6. The second kappa shape index (κ2) is 10.2. The Morgan fingerprint density at radius 1 is 0.947 bits per heavy atom. The number of aliphatic hydroxyl groups is 1. The highest BCUT2D eigenvalue weighted by molar-refractivity contribution is 7.80. The van der Waals surface area contributed by atoms with Crippen LogP contribution in [0, 0.1) is 12.7 Å². The van der Waals surface area contributed by atoms with E-state index in [0.717, 1.165) is 12.1 Å². The van der Waals surface area contributed by atoms with Gasteiger partial charge in [-0.3, -0.25) is 15.6 Å². The smallest absolute Gasteiger partial charge is 0.355 e. The van der Waals surface area contributed by atoms with Gasteiger partial charge in [0.25, 0.3) is 5.91 Å². The summed E-state index contributed by atoms with van der Waals surface area (Å²) < 4.78 is 14.7. The first-order valence-corrected chi connectivity index (χ1v) is 11.9. The van der Waals surface area contributed by atoms with Crippen molar-refractivity contribution in [2.45, 2.75) is 6.92 Å². The molecule has 8 nitrogen and oxygen atoms in total. The summed E-state index contributed by atoms with van der Waals surface area (Å²) >= 11 is 5.18. The fourth-order valence-corrected chi connectivity index (χ4v) is 4.46. The molecule has 1 amide bonds. The number of nitrogens with zero attached hydrogens (tertiary/aromatic N) is 3. The van der Waals surface area contributed by atoms with Crippen LogP contribution in [0.1, 0.15) is 21.6 Å². The summed E-state index contributed by atoms with van der Waals surface area (Å²) in [4.78, 5) is 35.0. The third-order valence-electron chi connectivity index (χ3n) is 5.90. The molecule has 0 atom stereocenters. The third kappa shape index (κ3) is 4.60. The van der Waals surface area contributed by atoms with Gasteiger partial charge in [-0.15, -0.1) is 0 Å². The Bertz CT molecular complexity index is 1740. The van der Waals surface area contributed by atoms with Crippen LogP contribution < -0.4 is 16.5 Å². The average molecular weight is 526 g/mol.